The SMILES string of the molecule is C[C@H]1OCCN[C@@H]1C(=O)NC1CCN(CC2CCOC2)CC1.Cl.Cl. The lowest BCUT2D eigenvalue weighted by molar-refractivity contribution is -0.130. The van der Waals surface area contributed by atoms with Gasteiger partial charge in [0.15, 0.2) is 0 Å². The molecule has 0 aromatic rings. The summed E-state index contributed by atoms with van der Waals surface area (Å²) in [4.78, 5) is 14.9. The Morgan fingerprint density at radius 2 is 1.96 bits per heavy atom. The van der Waals surface area contributed by atoms with Crippen LogP contribution in [0.4, 0.5) is 0 Å². The normalized spacial score (nSPS) is 31.8. The second-order valence-electron chi connectivity index (χ2n) is 6.82. The fourth-order valence-corrected chi connectivity index (χ4v) is 3.67. The highest BCUT2D eigenvalue weighted by Gasteiger charge is 2.31. The third-order valence-electron chi connectivity index (χ3n) is 5.07. The maximum atomic E-state index is 12.4. The van der Waals surface area contributed by atoms with E-state index in [0.29, 0.717) is 18.6 Å². The highest BCUT2D eigenvalue weighted by molar-refractivity contribution is 5.85. The zero-order chi connectivity index (χ0) is 15.4. The lowest BCUT2D eigenvalue weighted by Gasteiger charge is -2.35. The van der Waals surface area contributed by atoms with Gasteiger partial charge in [0.1, 0.15) is 6.04 Å². The Labute approximate surface area is 157 Å². The van der Waals surface area contributed by atoms with Gasteiger partial charge in [0.25, 0.3) is 0 Å². The van der Waals surface area contributed by atoms with Gasteiger partial charge in [-0.25, -0.2) is 0 Å². The summed E-state index contributed by atoms with van der Waals surface area (Å²) in [5, 5.41) is 6.45. The van der Waals surface area contributed by atoms with Crippen molar-refractivity contribution in [2.75, 3.05) is 46.0 Å². The minimum absolute atomic E-state index is 0. The van der Waals surface area contributed by atoms with E-state index in [0.717, 1.165) is 52.2 Å². The number of morpholine rings is 1. The average molecular weight is 384 g/mol. The van der Waals surface area contributed by atoms with Crippen molar-refractivity contribution in [2.24, 2.45) is 5.92 Å². The van der Waals surface area contributed by atoms with Crippen LogP contribution < -0.4 is 10.6 Å². The van der Waals surface area contributed by atoms with Crippen molar-refractivity contribution in [2.45, 2.75) is 44.4 Å². The fourth-order valence-electron chi connectivity index (χ4n) is 3.67. The number of nitrogens with zero attached hydrogens (tertiary/aromatic N) is 1. The Hall–Kier alpha value is -0.110. The summed E-state index contributed by atoms with van der Waals surface area (Å²) in [5.41, 5.74) is 0. The van der Waals surface area contributed by atoms with Crippen molar-refractivity contribution in [3.63, 3.8) is 0 Å². The van der Waals surface area contributed by atoms with E-state index in [1.165, 1.54) is 6.42 Å². The van der Waals surface area contributed by atoms with Crippen LogP contribution in [0.1, 0.15) is 26.2 Å². The quantitative estimate of drug-likeness (QED) is 0.752. The Bertz CT molecular complexity index is 376. The molecule has 142 valence electrons. The molecule has 3 heterocycles. The first-order valence-electron chi connectivity index (χ1n) is 8.68. The molecule has 1 unspecified atom stereocenters. The largest absolute Gasteiger partial charge is 0.381 e. The Balaban J connectivity index is 0.00000144. The molecule has 0 radical (unpaired) electrons. The molecule has 3 atom stereocenters. The topological polar surface area (TPSA) is 62.8 Å². The Morgan fingerprint density at radius 1 is 1.21 bits per heavy atom. The van der Waals surface area contributed by atoms with E-state index in [1.54, 1.807) is 0 Å². The van der Waals surface area contributed by atoms with E-state index < -0.39 is 0 Å². The average Bonchev–Trinajstić information content (AvgIpc) is 3.02. The molecule has 1 amide bonds. The van der Waals surface area contributed by atoms with Crippen LogP contribution in [0.15, 0.2) is 0 Å². The predicted octanol–water partition coefficient (Wildman–Crippen LogP) is 0.824. The number of ether oxygens (including phenoxy) is 2. The third kappa shape index (κ3) is 6.00. The van der Waals surface area contributed by atoms with Gasteiger partial charge in [-0.15, -0.1) is 24.8 Å². The van der Waals surface area contributed by atoms with Gasteiger partial charge in [0, 0.05) is 38.8 Å². The smallest absolute Gasteiger partial charge is 0.240 e. The number of nitrogens with one attached hydrogen (secondary N) is 2. The van der Waals surface area contributed by atoms with E-state index >= 15 is 0 Å². The number of hydrogen-bond donors (Lipinski definition) is 2. The number of likely N-dealkylation sites (tertiary alicyclic amines) is 1. The van der Waals surface area contributed by atoms with Crippen LogP contribution in [0.25, 0.3) is 0 Å². The van der Waals surface area contributed by atoms with Crippen molar-refractivity contribution in [1.29, 1.82) is 0 Å². The molecule has 3 aliphatic rings. The van der Waals surface area contributed by atoms with Crippen molar-refractivity contribution in [3.8, 4) is 0 Å². The van der Waals surface area contributed by atoms with Gasteiger partial charge in [-0.3, -0.25) is 4.79 Å². The molecule has 0 aromatic carbocycles. The molecular formula is C16H31Cl2N3O3. The first kappa shape index (κ1) is 21.9. The number of halogens is 2. The van der Waals surface area contributed by atoms with Crippen molar-refractivity contribution < 1.29 is 14.3 Å². The van der Waals surface area contributed by atoms with Gasteiger partial charge < -0.3 is 25.0 Å². The molecule has 3 fully saturated rings. The first-order chi connectivity index (χ1) is 10.7. The monoisotopic (exact) mass is 383 g/mol. The number of piperidine rings is 1. The lowest BCUT2D eigenvalue weighted by Crippen LogP contribution is -2.58. The lowest BCUT2D eigenvalue weighted by atomic mass is 10.0. The summed E-state index contributed by atoms with van der Waals surface area (Å²) in [5.74, 6) is 0.797. The molecular weight excluding hydrogens is 353 g/mol. The van der Waals surface area contributed by atoms with Gasteiger partial charge >= 0.3 is 0 Å². The molecule has 0 spiro atoms. The van der Waals surface area contributed by atoms with Gasteiger partial charge in [-0.05, 0) is 32.1 Å². The first-order valence-corrected chi connectivity index (χ1v) is 8.68. The van der Waals surface area contributed by atoms with Gasteiger partial charge in [-0.2, -0.15) is 0 Å². The molecule has 0 aliphatic carbocycles. The van der Waals surface area contributed by atoms with E-state index in [-0.39, 0.29) is 42.9 Å². The predicted molar refractivity (Wildman–Crippen MR) is 98.2 cm³/mol. The molecule has 3 rings (SSSR count). The van der Waals surface area contributed by atoms with Crippen molar-refractivity contribution >= 4 is 30.7 Å². The molecule has 2 N–H and O–H groups in total. The summed E-state index contributed by atoms with van der Waals surface area (Å²) in [6, 6.07) is 0.0990. The summed E-state index contributed by atoms with van der Waals surface area (Å²) >= 11 is 0. The Kier molecular flexibility index (Phi) is 9.86. The highest BCUT2D eigenvalue weighted by atomic mass is 35.5. The van der Waals surface area contributed by atoms with Gasteiger partial charge in [0.2, 0.25) is 5.91 Å². The van der Waals surface area contributed by atoms with E-state index in [1.807, 2.05) is 6.92 Å². The molecule has 3 saturated heterocycles. The third-order valence-corrected chi connectivity index (χ3v) is 5.07. The molecule has 0 aromatic heterocycles. The van der Waals surface area contributed by atoms with Crippen LogP contribution in [0, 0.1) is 5.92 Å². The molecule has 24 heavy (non-hydrogen) atoms. The highest BCUT2D eigenvalue weighted by Crippen LogP contribution is 2.18. The maximum absolute atomic E-state index is 12.4. The van der Waals surface area contributed by atoms with Gasteiger partial charge in [0.05, 0.1) is 19.3 Å². The number of hydrogen-bond acceptors (Lipinski definition) is 5. The molecule has 6 nitrogen and oxygen atoms in total. The van der Waals surface area contributed by atoms with Crippen molar-refractivity contribution in [3.05, 3.63) is 0 Å². The standard InChI is InChI=1S/C16H29N3O3.2ClH/c1-12-15(17-5-9-22-12)16(20)18-14-2-6-19(7-3-14)10-13-4-8-21-11-13;;/h12-15,17H,2-11H2,1H3,(H,18,20);2*1H/t12-,13?,15+;;/m1../s1. The second kappa shape index (κ2) is 10.8. The van der Waals surface area contributed by atoms with Crippen LogP contribution in [0.3, 0.4) is 0 Å². The van der Waals surface area contributed by atoms with Crippen LogP contribution >= 0.6 is 24.8 Å². The Morgan fingerprint density at radius 3 is 2.58 bits per heavy atom. The van der Waals surface area contributed by atoms with E-state index in [9.17, 15) is 4.79 Å². The second-order valence-corrected chi connectivity index (χ2v) is 6.82. The number of carbonyl (C=O) groups is 1. The minimum atomic E-state index is -0.206. The van der Waals surface area contributed by atoms with Crippen LogP contribution in [0.5, 0.6) is 0 Å². The summed E-state index contributed by atoms with van der Waals surface area (Å²) < 4.78 is 11.0. The van der Waals surface area contributed by atoms with Crippen LogP contribution in [-0.4, -0.2) is 75.0 Å². The number of amides is 1. The fraction of sp³-hybridized carbons (Fsp3) is 0.938. The van der Waals surface area contributed by atoms with Crippen LogP contribution in [0.2, 0.25) is 0 Å². The molecule has 0 saturated carbocycles. The minimum Gasteiger partial charge on any atom is -0.381 e. The molecule has 3 aliphatic heterocycles. The summed E-state index contributed by atoms with van der Waals surface area (Å²) in [6.45, 7) is 8.54. The van der Waals surface area contributed by atoms with E-state index in [4.69, 9.17) is 9.47 Å². The van der Waals surface area contributed by atoms with Crippen LogP contribution in [-0.2, 0) is 14.3 Å². The summed E-state index contributed by atoms with van der Waals surface area (Å²) in [7, 11) is 0. The zero-order valence-corrected chi connectivity index (χ0v) is 16.0. The van der Waals surface area contributed by atoms with Gasteiger partial charge in [-0.1, -0.05) is 0 Å². The molecule has 0 bridgehead atoms. The summed E-state index contributed by atoms with van der Waals surface area (Å²) in [6.07, 6.45) is 3.24. The molecule has 8 heteroatoms. The number of rotatable bonds is 4. The number of carbonyl (C=O) groups excluding carboxylic acids is 1. The zero-order valence-electron chi connectivity index (χ0n) is 14.4. The van der Waals surface area contributed by atoms with Crippen molar-refractivity contribution in [1.82, 2.24) is 15.5 Å². The van der Waals surface area contributed by atoms with E-state index in [2.05, 4.69) is 15.5 Å². The maximum Gasteiger partial charge on any atom is 0.240 e.